The van der Waals surface area contributed by atoms with Gasteiger partial charge in [0.15, 0.2) is 0 Å². The lowest BCUT2D eigenvalue weighted by atomic mass is 9.92. The molecular formula is C34H24ClF2N5O4S. The Morgan fingerprint density at radius 1 is 1.11 bits per heavy atom. The van der Waals surface area contributed by atoms with E-state index in [0.29, 0.717) is 49.1 Å². The summed E-state index contributed by atoms with van der Waals surface area (Å²) in [7, 11) is 0. The lowest BCUT2D eigenvalue weighted by molar-refractivity contribution is 0.0699. The summed E-state index contributed by atoms with van der Waals surface area (Å²) < 4.78 is 36.8. The number of rotatable bonds is 8. The first-order valence-electron chi connectivity index (χ1n) is 14.2. The van der Waals surface area contributed by atoms with Gasteiger partial charge >= 0.3 is 5.97 Å². The number of thiophene rings is 1. The van der Waals surface area contributed by atoms with Gasteiger partial charge in [0.05, 0.1) is 38.8 Å². The monoisotopic (exact) mass is 671 g/mol. The summed E-state index contributed by atoms with van der Waals surface area (Å²) in [6.45, 7) is 5.06. The first kappa shape index (κ1) is 31.7. The summed E-state index contributed by atoms with van der Waals surface area (Å²) in [5.74, 6) is -0.397. The third-order valence-electron chi connectivity index (χ3n) is 7.69. The van der Waals surface area contributed by atoms with Crippen LogP contribution in [0.4, 0.5) is 8.78 Å². The molecule has 4 heterocycles. The Bertz CT molecular complexity index is 2350. The third-order valence-corrected chi connectivity index (χ3v) is 8.92. The fourth-order valence-corrected chi connectivity index (χ4v) is 6.83. The molecule has 9 nitrogen and oxygen atoms in total. The van der Waals surface area contributed by atoms with Crippen molar-refractivity contribution < 1.29 is 23.4 Å². The number of carboxylic acids is 1. The van der Waals surface area contributed by atoms with E-state index in [9.17, 15) is 28.7 Å². The minimum Gasteiger partial charge on any atom is -0.491 e. The quantitative estimate of drug-likeness (QED) is 0.173. The highest BCUT2D eigenvalue weighted by atomic mass is 35.5. The third kappa shape index (κ3) is 5.80. The van der Waals surface area contributed by atoms with Crippen LogP contribution in [0, 0.1) is 32.1 Å². The fraction of sp³-hybridized carbons (Fsp3) is 0.176. The molecule has 0 aliphatic rings. The first-order chi connectivity index (χ1) is 22.5. The number of hydrogen-bond donors (Lipinski definition) is 1. The van der Waals surface area contributed by atoms with E-state index in [4.69, 9.17) is 16.3 Å². The van der Waals surface area contributed by atoms with Crippen LogP contribution in [0.2, 0.25) is 5.02 Å². The summed E-state index contributed by atoms with van der Waals surface area (Å²) in [5, 5.41) is 21.7. The Hall–Kier alpha value is -5.25. The van der Waals surface area contributed by atoms with Gasteiger partial charge < -0.3 is 9.84 Å². The minimum absolute atomic E-state index is 0.000198. The molecule has 0 aliphatic carbocycles. The number of aromatic carboxylic acids is 1. The van der Waals surface area contributed by atoms with Crippen molar-refractivity contribution in [2.75, 3.05) is 6.61 Å². The fourth-order valence-electron chi connectivity index (χ4n) is 5.64. The van der Waals surface area contributed by atoms with Gasteiger partial charge in [0.1, 0.15) is 24.3 Å². The highest BCUT2D eigenvalue weighted by Gasteiger charge is 2.25. The smallest absolute Gasteiger partial charge is 0.338 e. The highest BCUT2D eigenvalue weighted by molar-refractivity contribution is 7.18. The average molecular weight is 672 g/mol. The standard InChI is InChI=1S/C34H24ClF2N5O4S/c1-16-10-19(6-7-39-16)28-23(32(36)37)13-26-29(24(28)14-38)33(43)42(18(3)41-26)8-9-46-27-5-4-20(35)12-21(27)22-11-17(2)40-30-25(34(44)45)15-47-31(22)30/h4-7,10-13,15,32H,8-9H2,1-3H3,(H,44,45). The Morgan fingerprint density at radius 3 is 2.60 bits per heavy atom. The number of alkyl halides is 2. The predicted octanol–water partition coefficient (Wildman–Crippen LogP) is 7.90. The molecule has 0 spiro atoms. The maximum absolute atomic E-state index is 14.3. The van der Waals surface area contributed by atoms with Crippen molar-refractivity contribution in [3.63, 3.8) is 0 Å². The van der Waals surface area contributed by atoms with Crippen LogP contribution in [0.5, 0.6) is 5.75 Å². The molecule has 2 aromatic carbocycles. The van der Waals surface area contributed by atoms with E-state index in [2.05, 4.69) is 15.0 Å². The summed E-state index contributed by atoms with van der Waals surface area (Å²) in [4.78, 5) is 38.7. The van der Waals surface area contributed by atoms with Crippen LogP contribution in [0.15, 0.2) is 58.8 Å². The van der Waals surface area contributed by atoms with Gasteiger partial charge in [-0.25, -0.2) is 18.6 Å². The average Bonchev–Trinajstić information content (AvgIpc) is 3.46. The van der Waals surface area contributed by atoms with Crippen LogP contribution >= 0.6 is 22.9 Å². The van der Waals surface area contributed by atoms with Crippen molar-refractivity contribution in [3.05, 3.63) is 103 Å². The number of ether oxygens (including phenoxy) is 1. The molecular weight excluding hydrogens is 648 g/mol. The summed E-state index contributed by atoms with van der Waals surface area (Å²) in [6.07, 6.45) is -1.46. The number of aromatic nitrogens is 4. The van der Waals surface area contributed by atoms with Crippen molar-refractivity contribution in [2.45, 2.75) is 33.7 Å². The van der Waals surface area contributed by atoms with E-state index in [0.717, 1.165) is 0 Å². The number of fused-ring (bicyclic) bond motifs is 2. The number of pyridine rings is 2. The zero-order chi connectivity index (χ0) is 33.6. The van der Waals surface area contributed by atoms with Crippen LogP contribution in [0.25, 0.3) is 43.4 Å². The van der Waals surface area contributed by atoms with Crippen molar-refractivity contribution in [1.29, 1.82) is 5.26 Å². The molecule has 0 aliphatic heterocycles. The number of benzene rings is 2. The minimum atomic E-state index is -2.92. The first-order valence-corrected chi connectivity index (χ1v) is 15.5. The number of carboxylic acid groups (broad SMARTS) is 1. The van der Waals surface area contributed by atoms with Gasteiger partial charge in [-0.2, -0.15) is 5.26 Å². The summed E-state index contributed by atoms with van der Waals surface area (Å²) in [5.41, 5.74) is 2.08. The molecule has 0 bridgehead atoms. The molecule has 1 N–H and O–H groups in total. The second-order valence-electron chi connectivity index (χ2n) is 10.8. The van der Waals surface area contributed by atoms with Gasteiger partial charge in [-0.1, -0.05) is 11.6 Å². The molecule has 0 unspecified atom stereocenters. The number of carbonyl (C=O) groups is 1. The van der Waals surface area contributed by atoms with E-state index in [1.807, 2.05) is 12.1 Å². The van der Waals surface area contributed by atoms with E-state index < -0.39 is 23.5 Å². The maximum atomic E-state index is 14.3. The predicted molar refractivity (Wildman–Crippen MR) is 176 cm³/mol. The number of halogens is 3. The second-order valence-corrected chi connectivity index (χ2v) is 12.1. The van der Waals surface area contributed by atoms with E-state index in [-0.39, 0.29) is 46.6 Å². The molecule has 0 radical (unpaired) electrons. The number of nitriles is 1. The topological polar surface area (TPSA) is 131 Å². The molecule has 4 aromatic heterocycles. The summed E-state index contributed by atoms with van der Waals surface area (Å²) >= 11 is 7.62. The molecule has 47 heavy (non-hydrogen) atoms. The number of aryl methyl sites for hydroxylation is 3. The van der Waals surface area contributed by atoms with Crippen LogP contribution in [0.1, 0.15) is 45.1 Å². The number of hydrogen-bond acceptors (Lipinski definition) is 8. The van der Waals surface area contributed by atoms with Crippen molar-refractivity contribution in [3.8, 4) is 34.1 Å². The Kier molecular flexibility index (Phi) is 8.44. The van der Waals surface area contributed by atoms with Crippen molar-refractivity contribution >= 4 is 50.0 Å². The zero-order valence-corrected chi connectivity index (χ0v) is 26.7. The molecule has 13 heteroatoms. The highest BCUT2D eigenvalue weighted by Crippen LogP contribution is 2.41. The normalized spacial score (nSPS) is 11.4. The molecule has 0 fully saturated rings. The Morgan fingerprint density at radius 2 is 1.89 bits per heavy atom. The molecule has 236 valence electrons. The molecule has 0 saturated heterocycles. The van der Waals surface area contributed by atoms with Gasteiger partial charge in [-0.05, 0) is 68.8 Å². The van der Waals surface area contributed by atoms with Crippen molar-refractivity contribution in [2.24, 2.45) is 0 Å². The number of nitrogens with zero attached hydrogens (tertiary/aromatic N) is 5. The Labute approximate surface area is 275 Å². The summed E-state index contributed by atoms with van der Waals surface area (Å²) in [6, 6.07) is 13.1. The second kappa shape index (κ2) is 12.5. The largest absolute Gasteiger partial charge is 0.491 e. The molecule has 0 saturated carbocycles. The van der Waals surface area contributed by atoms with E-state index >= 15 is 0 Å². The lowest BCUT2D eigenvalue weighted by Crippen LogP contribution is -2.27. The van der Waals surface area contributed by atoms with Gasteiger partial charge in [0.2, 0.25) is 0 Å². The molecule has 0 atom stereocenters. The van der Waals surface area contributed by atoms with Gasteiger partial charge in [0.25, 0.3) is 12.0 Å². The van der Waals surface area contributed by atoms with Gasteiger partial charge in [-0.3, -0.25) is 19.3 Å². The maximum Gasteiger partial charge on any atom is 0.338 e. The van der Waals surface area contributed by atoms with Gasteiger partial charge in [-0.15, -0.1) is 11.3 Å². The van der Waals surface area contributed by atoms with Crippen LogP contribution in [0.3, 0.4) is 0 Å². The van der Waals surface area contributed by atoms with Crippen LogP contribution in [-0.2, 0) is 6.54 Å². The lowest BCUT2D eigenvalue weighted by Gasteiger charge is -2.17. The van der Waals surface area contributed by atoms with E-state index in [1.165, 1.54) is 39.6 Å². The SMILES string of the molecule is Cc1cc(-c2c(C(F)F)cc3nc(C)n(CCOc4ccc(Cl)cc4-c4cc(C)nc5c(C(=O)O)csc45)c(=O)c3c2C#N)ccn1. The molecule has 6 rings (SSSR count). The van der Waals surface area contributed by atoms with Crippen LogP contribution in [-0.4, -0.2) is 37.2 Å². The van der Waals surface area contributed by atoms with Gasteiger partial charge in [0, 0.05) is 50.2 Å². The zero-order valence-electron chi connectivity index (χ0n) is 25.1. The van der Waals surface area contributed by atoms with E-state index in [1.54, 1.807) is 45.0 Å². The van der Waals surface area contributed by atoms with Crippen molar-refractivity contribution in [1.82, 2.24) is 19.5 Å². The molecule has 6 aromatic rings. The van der Waals surface area contributed by atoms with Crippen LogP contribution < -0.4 is 10.3 Å². The Balaban J connectivity index is 1.40. The molecule has 0 amide bonds.